The summed E-state index contributed by atoms with van der Waals surface area (Å²) in [5.41, 5.74) is 6.89. The van der Waals surface area contributed by atoms with Crippen LogP contribution in [0.5, 0.6) is 5.88 Å². The summed E-state index contributed by atoms with van der Waals surface area (Å²) >= 11 is 0. The minimum absolute atomic E-state index is 0.464. The monoisotopic (exact) mass is 194 g/mol. The van der Waals surface area contributed by atoms with Crippen molar-refractivity contribution in [3.05, 3.63) is 12.7 Å². The molecule has 0 radical (unpaired) electrons. The first-order valence-corrected chi connectivity index (χ1v) is 4.01. The zero-order valence-corrected chi connectivity index (χ0v) is 7.85. The van der Waals surface area contributed by atoms with Gasteiger partial charge in [0.25, 0.3) is 0 Å². The summed E-state index contributed by atoms with van der Waals surface area (Å²) in [5.74, 6) is 0.464. The SMILES string of the molecule is CNNn1cnc2c(OC)ncnc21. The quantitative estimate of drug-likeness (QED) is 0.642. The van der Waals surface area contributed by atoms with Gasteiger partial charge in [0, 0.05) is 7.05 Å². The van der Waals surface area contributed by atoms with Crippen LogP contribution in [0.25, 0.3) is 11.2 Å². The van der Waals surface area contributed by atoms with E-state index in [2.05, 4.69) is 25.9 Å². The lowest BCUT2D eigenvalue weighted by Crippen LogP contribution is -2.25. The Bertz CT molecular complexity index is 439. The van der Waals surface area contributed by atoms with Gasteiger partial charge in [0.05, 0.1) is 7.11 Å². The number of imidazole rings is 1. The molecular weight excluding hydrogens is 184 g/mol. The van der Waals surface area contributed by atoms with Gasteiger partial charge >= 0.3 is 0 Å². The van der Waals surface area contributed by atoms with Crippen molar-refractivity contribution in [3.8, 4) is 5.88 Å². The first-order valence-electron chi connectivity index (χ1n) is 4.01. The Labute approximate surface area is 80.1 Å². The topological polar surface area (TPSA) is 76.9 Å². The van der Waals surface area contributed by atoms with Gasteiger partial charge in [-0.2, -0.15) is 4.98 Å². The van der Waals surface area contributed by atoms with E-state index in [0.717, 1.165) is 0 Å². The first kappa shape index (κ1) is 8.70. The molecule has 0 amide bonds. The Morgan fingerprint density at radius 1 is 1.36 bits per heavy atom. The Hall–Kier alpha value is -1.89. The van der Waals surface area contributed by atoms with Crippen molar-refractivity contribution in [2.45, 2.75) is 0 Å². The molecular formula is C7H10N6O. The molecule has 2 N–H and O–H groups in total. The molecule has 0 aliphatic carbocycles. The van der Waals surface area contributed by atoms with E-state index in [-0.39, 0.29) is 0 Å². The van der Waals surface area contributed by atoms with Gasteiger partial charge in [-0.1, -0.05) is 0 Å². The van der Waals surface area contributed by atoms with Crippen molar-refractivity contribution < 1.29 is 4.74 Å². The average molecular weight is 194 g/mol. The molecule has 0 atom stereocenters. The molecule has 0 spiro atoms. The second kappa shape index (κ2) is 3.46. The molecule has 2 heterocycles. The van der Waals surface area contributed by atoms with Crippen molar-refractivity contribution in [3.63, 3.8) is 0 Å². The van der Waals surface area contributed by atoms with E-state index in [9.17, 15) is 0 Å². The lowest BCUT2D eigenvalue weighted by Gasteiger charge is -2.04. The van der Waals surface area contributed by atoms with Gasteiger partial charge < -0.3 is 4.74 Å². The molecule has 2 aromatic rings. The van der Waals surface area contributed by atoms with E-state index in [4.69, 9.17) is 4.74 Å². The van der Waals surface area contributed by atoms with Crippen LogP contribution < -0.4 is 15.7 Å². The maximum absolute atomic E-state index is 5.04. The molecule has 0 unspecified atom stereocenters. The highest BCUT2D eigenvalue weighted by Crippen LogP contribution is 2.17. The minimum atomic E-state index is 0.464. The molecule has 0 fully saturated rings. The fourth-order valence-corrected chi connectivity index (χ4v) is 1.16. The lowest BCUT2D eigenvalue weighted by molar-refractivity contribution is 0.401. The number of nitrogens with one attached hydrogen (secondary N) is 2. The number of fused-ring (bicyclic) bond motifs is 1. The number of aromatic nitrogens is 4. The third kappa shape index (κ3) is 1.23. The summed E-state index contributed by atoms with van der Waals surface area (Å²) in [6.07, 6.45) is 3.02. The normalized spacial score (nSPS) is 10.4. The number of hydrazine groups is 1. The van der Waals surface area contributed by atoms with E-state index < -0.39 is 0 Å². The molecule has 0 aromatic carbocycles. The minimum Gasteiger partial charge on any atom is -0.479 e. The predicted molar refractivity (Wildman–Crippen MR) is 50.3 cm³/mol. The molecule has 74 valence electrons. The van der Waals surface area contributed by atoms with Crippen molar-refractivity contribution in [1.29, 1.82) is 0 Å². The highest BCUT2D eigenvalue weighted by atomic mass is 16.5. The summed E-state index contributed by atoms with van der Waals surface area (Å²) in [4.78, 5) is 12.1. The van der Waals surface area contributed by atoms with Crippen molar-refractivity contribution in [2.75, 3.05) is 19.7 Å². The average Bonchev–Trinajstić information content (AvgIpc) is 2.62. The molecule has 0 saturated heterocycles. The summed E-state index contributed by atoms with van der Waals surface area (Å²) in [6.45, 7) is 0. The van der Waals surface area contributed by atoms with Crippen LogP contribution >= 0.6 is 0 Å². The van der Waals surface area contributed by atoms with Gasteiger partial charge in [-0.25, -0.2) is 20.1 Å². The van der Waals surface area contributed by atoms with Crippen LogP contribution in [0, 0.1) is 0 Å². The molecule has 0 aliphatic rings. The summed E-state index contributed by atoms with van der Waals surface area (Å²) in [6, 6.07) is 0. The van der Waals surface area contributed by atoms with Crippen molar-refractivity contribution in [2.24, 2.45) is 0 Å². The van der Waals surface area contributed by atoms with E-state index in [1.807, 2.05) is 0 Å². The van der Waals surface area contributed by atoms with Crippen LogP contribution in [-0.4, -0.2) is 33.8 Å². The number of methoxy groups -OCH3 is 1. The highest BCUT2D eigenvalue weighted by molar-refractivity contribution is 5.75. The van der Waals surface area contributed by atoms with Crippen LogP contribution in [0.15, 0.2) is 12.7 Å². The Morgan fingerprint density at radius 3 is 2.93 bits per heavy atom. The zero-order chi connectivity index (χ0) is 9.97. The summed E-state index contributed by atoms with van der Waals surface area (Å²) < 4.78 is 6.68. The molecule has 7 heteroatoms. The smallest absolute Gasteiger partial charge is 0.245 e. The fraction of sp³-hybridized carbons (Fsp3) is 0.286. The van der Waals surface area contributed by atoms with Gasteiger partial charge in [-0.3, -0.25) is 5.53 Å². The first-order chi connectivity index (χ1) is 6.86. The molecule has 14 heavy (non-hydrogen) atoms. The maximum Gasteiger partial charge on any atom is 0.245 e. The fourth-order valence-electron chi connectivity index (χ4n) is 1.16. The predicted octanol–water partition coefficient (Wildman–Crippen LogP) is -0.487. The molecule has 0 bridgehead atoms. The van der Waals surface area contributed by atoms with Crippen LogP contribution in [0.3, 0.4) is 0 Å². The van der Waals surface area contributed by atoms with Gasteiger partial charge in [-0.15, -0.1) is 0 Å². The van der Waals surface area contributed by atoms with Gasteiger partial charge in [0.2, 0.25) is 5.88 Å². The van der Waals surface area contributed by atoms with Crippen LogP contribution in [0.1, 0.15) is 0 Å². The van der Waals surface area contributed by atoms with Crippen molar-refractivity contribution in [1.82, 2.24) is 25.1 Å². The third-order valence-corrected chi connectivity index (χ3v) is 1.73. The molecule has 7 nitrogen and oxygen atoms in total. The van der Waals surface area contributed by atoms with Crippen LogP contribution in [0.2, 0.25) is 0 Å². The van der Waals surface area contributed by atoms with Crippen molar-refractivity contribution >= 4 is 11.2 Å². The van der Waals surface area contributed by atoms with E-state index in [1.54, 1.807) is 25.2 Å². The number of nitrogens with zero attached hydrogens (tertiary/aromatic N) is 4. The zero-order valence-electron chi connectivity index (χ0n) is 7.85. The Morgan fingerprint density at radius 2 is 2.21 bits per heavy atom. The maximum atomic E-state index is 5.04. The van der Waals surface area contributed by atoms with Crippen LogP contribution in [-0.2, 0) is 0 Å². The number of ether oxygens (including phenoxy) is 1. The van der Waals surface area contributed by atoms with E-state index in [0.29, 0.717) is 17.0 Å². The summed E-state index contributed by atoms with van der Waals surface area (Å²) in [5, 5.41) is 0. The number of hydrogen-bond acceptors (Lipinski definition) is 6. The van der Waals surface area contributed by atoms with Gasteiger partial charge in [-0.05, 0) is 0 Å². The lowest BCUT2D eigenvalue weighted by atomic mass is 10.5. The molecule has 0 aliphatic heterocycles. The standard InChI is InChI=1S/C7H10N6O/c1-8-12-13-4-11-5-6(13)9-3-10-7(5)14-2/h3-4,8,12H,1-2H3. The van der Waals surface area contributed by atoms with Gasteiger partial charge in [0.15, 0.2) is 11.2 Å². The second-order valence-electron chi connectivity index (χ2n) is 2.53. The number of hydrogen-bond donors (Lipinski definition) is 2. The molecule has 0 saturated carbocycles. The Kier molecular flexibility index (Phi) is 2.15. The highest BCUT2D eigenvalue weighted by Gasteiger charge is 2.09. The van der Waals surface area contributed by atoms with E-state index in [1.165, 1.54) is 6.33 Å². The largest absolute Gasteiger partial charge is 0.479 e. The van der Waals surface area contributed by atoms with Gasteiger partial charge in [0.1, 0.15) is 12.7 Å². The molecule has 2 aromatic heterocycles. The number of rotatable bonds is 3. The third-order valence-electron chi connectivity index (χ3n) is 1.73. The van der Waals surface area contributed by atoms with Crippen LogP contribution in [0.4, 0.5) is 0 Å². The summed E-state index contributed by atoms with van der Waals surface area (Å²) in [7, 11) is 3.30. The molecule has 2 rings (SSSR count). The Balaban J connectivity index is 2.57. The second-order valence-corrected chi connectivity index (χ2v) is 2.53. The van der Waals surface area contributed by atoms with E-state index >= 15 is 0 Å².